The molecule has 0 aliphatic heterocycles. The predicted octanol–water partition coefficient (Wildman–Crippen LogP) is 2.11. The van der Waals surface area contributed by atoms with Gasteiger partial charge in [0.2, 0.25) is 0 Å². The van der Waals surface area contributed by atoms with Crippen molar-refractivity contribution < 1.29 is 4.39 Å². The van der Waals surface area contributed by atoms with Crippen LogP contribution >= 0.6 is 0 Å². The van der Waals surface area contributed by atoms with Crippen LogP contribution in [0.1, 0.15) is 19.4 Å². The molecule has 0 fully saturated rings. The van der Waals surface area contributed by atoms with Gasteiger partial charge in [0.05, 0.1) is 0 Å². The highest BCUT2D eigenvalue weighted by Gasteiger charge is 2.11. The van der Waals surface area contributed by atoms with Gasteiger partial charge in [-0.2, -0.15) is 0 Å². The van der Waals surface area contributed by atoms with Gasteiger partial charge in [0.15, 0.2) is 0 Å². The number of hydrogen-bond donors (Lipinski definition) is 1. The Labute approximate surface area is 72.4 Å². The fourth-order valence-electron chi connectivity index (χ4n) is 1.17. The van der Waals surface area contributed by atoms with Crippen molar-refractivity contribution in [3.8, 4) is 0 Å². The van der Waals surface area contributed by atoms with Crippen LogP contribution in [0.2, 0.25) is 0 Å². The van der Waals surface area contributed by atoms with Gasteiger partial charge in [-0.05, 0) is 38.0 Å². The van der Waals surface area contributed by atoms with E-state index in [0.717, 1.165) is 5.56 Å². The zero-order valence-corrected chi connectivity index (χ0v) is 7.47. The molecule has 0 aliphatic carbocycles. The third kappa shape index (κ3) is 3.01. The van der Waals surface area contributed by atoms with Crippen LogP contribution in [-0.2, 0) is 6.42 Å². The van der Waals surface area contributed by atoms with Crippen molar-refractivity contribution in [2.24, 2.45) is 5.73 Å². The van der Waals surface area contributed by atoms with Gasteiger partial charge in [-0.1, -0.05) is 12.1 Å². The van der Waals surface area contributed by atoms with E-state index in [2.05, 4.69) is 0 Å². The summed E-state index contributed by atoms with van der Waals surface area (Å²) in [6, 6.07) is 6.55. The second kappa shape index (κ2) is 3.23. The lowest BCUT2D eigenvalue weighted by Gasteiger charge is -2.17. The van der Waals surface area contributed by atoms with E-state index < -0.39 is 0 Å². The molecule has 0 bridgehead atoms. The van der Waals surface area contributed by atoms with Gasteiger partial charge in [0.25, 0.3) is 0 Å². The first-order valence-corrected chi connectivity index (χ1v) is 4.01. The van der Waals surface area contributed by atoms with E-state index in [1.165, 1.54) is 12.1 Å². The molecule has 66 valence electrons. The highest BCUT2D eigenvalue weighted by molar-refractivity contribution is 5.18. The van der Waals surface area contributed by atoms with Crippen LogP contribution in [0.5, 0.6) is 0 Å². The Bertz CT molecular complexity index is 263. The third-order valence-electron chi connectivity index (χ3n) is 1.55. The Morgan fingerprint density at radius 1 is 1.42 bits per heavy atom. The molecule has 1 nitrogen and oxygen atoms in total. The minimum atomic E-state index is -0.270. The summed E-state index contributed by atoms with van der Waals surface area (Å²) in [7, 11) is 0. The maximum Gasteiger partial charge on any atom is 0.123 e. The molecule has 2 heteroatoms. The second-order valence-corrected chi connectivity index (χ2v) is 3.80. The van der Waals surface area contributed by atoms with Crippen LogP contribution in [0.15, 0.2) is 24.3 Å². The van der Waals surface area contributed by atoms with Crippen molar-refractivity contribution in [1.29, 1.82) is 0 Å². The molecule has 0 heterocycles. The molecule has 12 heavy (non-hydrogen) atoms. The molecule has 0 unspecified atom stereocenters. The van der Waals surface area contributed by atoms with Gasteiger partial charge in [-0.25, -0.2) is 4.39 Å². The smallest absolute Gasteiger partial charge is 0.123 e. The van der Waals surface area contributed by atoms with Gasteiger partial charge in [-0.15, -0.1) is 0 Å². The van der Waals surface area contributed by atoms with Crippen molar-refractivity contribution in [2.45, 2.75) is 25.8 Å². The standard InChI is InChI=1S/C10H14FN/c1-10(2,12)7-8-4-3-5-9(11)6-8/h3-6H,7,12H2,1-2H3. The van der Waals surface area contributed by atoms with Gasteiger partial charge >= 0.3 is 0 Å². The Hall–Kier alpha value is -0.890. The first kappa shape index (κ1) is 9.20. The Morgan fingerprint density at radius 3 is 2.58 bits per heavy atom. The third-order valence-corrected chi connectivity index (χ3v) is 1.55. The van der Waals surface area contributed by atoms with Gasteiger partial charge < -0.3 is 5.73 Å². The molecule has 0 saturated heterocycles. The summed E-state index contributed by atoms with van der Waals surface area (Å²) in [5.74, 6) is -0.197. The van der Waals surface area contributed by atoms with Crippen molar-refractivity contribution in [3.05, 3.63) is 35.6 Å². The second-order valence-electron chi connectivity index (χ2n) is 3.80. The summed E-state index contributed by atoms with van der Waals surface area (Å²) in [5, 5.41) is 0. The molecule has 2 N–H and O–H groups in total. The van der Waals surface area contributed by atoms with Gasteiger partial charge in [-0.3, -0.25) is 0 Å². The summed E-state index contributed by atoms with van der Waals surface area (Å²) in [5.41, 5.74) is 6.47. The summed E-state index contributed by atoms with van der Waals surface area (Å²) in [6.45, 7) is 3.86. The number of hydrogen-bond acceptors (Lipinski definition) is 1. The quantitative estimate of drug-likeness (QED) is 0.717. The van der Waals surface area contributed by atoms with E-state index in [9.17, 15) is 4.39 Å². The van der Waals surface area contributed by atoms with Crippen LogP contribution in [0, 0.1) is 5.82 Å². The maximum absolute atomic E-state index is 12.7. The molecule has 0 saturated carbocycles. The predicted molar refractivity (Wildman–Crippen MR) is 48.4 cm³/mol. The van der Waals surface area contributed by atoms with E-state index in [0.29, 0.717) is 6.42 Å². The van der Waals surface area contributed by atoms with Crippen LogP contribution in [0.25, 0.3) is 0 Å². The van der Waals surface area contributed by atoms with Crippen LogP contribution in [0.4, 0.5) is 4.39 Å². The average molecular weight is 167 g/mol. The highest BCUT2D eigenvalue weighted by Crippen LogP contribution is 2.10. The SMILES string of the molecule is CC(C)(N)Cc1cccc(F)c1. The van der Waals surface area contributed by atoms with E-state index >= 15 is 0 Å². The van der Waals surface area contributed by atoms with E-state index in [1.807, 2.05) is 19.9 Å². The number of nitrogens with two attached hydrogens (primary N) is 1. The molecular weight excluding hydrogens is 153 g/mol. The minimum absolute atomic E-state index is 0.197. The molecule has 1 rings (SSSR count). The Kier molecular flexibility index (Phi) is 2.48. The molecule has 1 aromatic carbocycles. The van der Waals surface area contributed by atoms with Gasteiger partial charge in [0, 0.05) is 5.54 Å². The lowest BCUT2D eigenvalue weighted by molar-refractivity contribution is 0.514. The topological polar surface area (TPSA) is 26.0 Å². The molecule has 0 spiro atoms. The summed E-state index contributed by atoms with van der Waals surface area (Å²) < 4.78 is 12.7. The zero-order chi connectivity index (χ0) is 9.19. The van der Waals surface area contributed by atoms with Crippen molar-refractivity contribution in [2.75, 3.05) is 0 Å². The summed E-state index contributed by atoms with van der Waals surface area (Å²) >= 11 is 0. The number of halogens is 1. The first-order valence-electron chi connectivity index (χ1n) is 4.01. The fraction of sp³-hybridized carbons (Fsp3) is 0.400. The molecule has 0 atom stereocenters. The summed E-state index contributed by atoms with van der Waals surface area (Å²) in [6.07, 6.45) is 0.699. The van der Waals surface area contributed by atoms with Gasteiger partial charge in [0.1, 0.15) is 5.82 Å². The zero-order valence-electron chi connectivity index (χ0n) is 7.47. The largest absolute Gasteiger partial charge is 0.325 e. The highest BCUT2D eigenvalue weighted by atomic mass is 19.1. The lowest BCUT2D eigenvalue weighted by atomic mass is 9.96. The average Bonchev–Trinajstić information content (AvgIpc) is 1.82. The maximum atomic E-state index is 12.7. The number of rotatable bonds is 2. The van der Waals surface area contributed by atoms with Crippen LogP contribution in [0.3, 0.4) is 0 Å². The molecule has 0 aliphatic rings. The van der Waals surface area contributed by atoms with Crippen molar-refractivity contribution in [1.82, 2.24) is 0 Å². The molecular formula is C10H14FN. The van der Waals surface area contributed by atoms with Crippen molar-refractivity contribution >= 4 is 0 Å². The molecule has 1 aromatic rings. The number of benzene rings is 1. The molecule has 0 aromatic heterocycles. The molecule has 0 radical (unpaired) electrons. The van der Waals surface area contributed by atoms with E-state index in [4.69, 9.17) is 5.73 Å². The Balaban J connectivity index is 2.77. The van der Waals surface area contributed by atoms with E-state index in [-0.39, 0.29) is 11.4 Å². The fourth-order valence-corrected chi connectivity index (χ4v) is 1.17. The summed E-state index contributed by atoms with van der Waals surface area (Å²) in [4.78, 5) is 0. The first-order chi connectivity index (χ1) is 5.47. The minimum Gasteiger partial charge on any atom is -0.325 e. The normalized spacial score (nSPS) is 11.7. The Morgan fingerprint density at radius 2 is 2.08 bits per heavy atom. The van der Waals surface area contributed by atoms with Crippen LogP contribution in [-0.4, -0.2) is 5.54 Å². The van der Waals surface area contributed by atoms with Crippen molar-refractivity contribution in [3.63, 3.8) is 0 Å². The molecule has 0 amide bonds. The van der Waals surface area contributed by atoms with Crippen LogP contribution < -0.4 is 5.73 Å². The van der Waals surface area contributed by atoms with E-state index in [1.54, 1.807) is 6.07 Å². The lowest BCUT2D eigenvalue weighted by Crippen LogP contribution is -2.34. The monoisotopic (exact) mass is 167 g/mol.